The molecule has 0 bridgehead atoms. The molecule has 0 unspecified atom stereocenters. The van der Waals surface area contributed by atoms with Crippen molar-refractivity contribution in [3.63, 3.8) is 0 Å². The van der Waals surface area contributed by atoms with Crippen molar-refractivity contribution in [2.45, 2.75) is 31.8 Å². The monoisotopic (exact) mass is 456 g/mol. The zero-order valence-corrected chi connectivity index (χ0v) is 18.2. The summed E-state index contributed by atoms with van der Waals surface area (Å²) in [4.78, 5) is 20.6. The third-order valence-electron chi connectivity index (χ3n) is 4.80. The van der Waals surface area contributed by atoms with Crippen LogP contribution in [0.4, 0.5) is 0 Å². The van der Waals surface area contributed by atoms with Crippen LogP contribution in [0.5, 0.6) is 0 Å². The minimum atomic E-state index is 0.0259. The van der Waals surface area contributed by atoms with Gasteiger partial charge in [-0.2, -0.15) is 0 Å². The van der Waals surface area contributed by atoms with Crippen LogP contribution in [0.25, 0.3) is 21.3 Å². The third kappa shape index (κ3) is 4.16. The van der Waals surface area contributed by atoms with Crippen molar-refractivity contribution in [2.24, 2.45) is 0 Å². The Morgan fingerprint density at radius 3 is 2.80 bits per heavy atom. The lowest BCUT2D eigenvalue weighted by Gasteiger charge is -2.20. The summed E-state index contributed by atoms with van der Waals surface area (Å²) < 4.78 is 5.80. The van der Waals surface area contributed by atoms with Crippen LogP contribution in [-0.4, -0.2) is 32.0 Å². The normalized spacial score (nSPS) is 13.5. The van der Waals surface area contributed by atoms with E-state index < -0.39 is 0 Å². The molecule has 0 saturated heterocycles. The molecule has 0 atom stereocenters. The van der Waals surface area contributed by atoms with Crippen LogP contribution in [0.2, 0.25) is 5.02 Å². The molecule has 1 fully saturated rings. The summed E-state index contributed by atoms with van der Waals surface area (Å²) in [5.41, 5.74) is 1.48. The Kier molecular flexibility index (Phi) is 5.37. The van der Waals surface area contributed by atoms with Gasteiger partial charge < -0.3 is 9.32 Å². The summed E-state index contributed by atoms with van der Waals surface area (Å²) >= 11 is 9.43. The highest BCUT2D eigenvalue weighted by Crippen LogP contribution is 2.32. The molecular formula is C21H17ClN4O2S2. The minimum absolute atomic E-state index is 0.0259. The second-order valence-electron chi connectivity index (χ2n) is 7.03. The van der Waals surface area contributed by atoms with E-state index in [1.807, 2.05) is 46.0 Å². The topological polar surface area (TPSA) is 72.1 Å². The van der Waals surface area contributed by atoms with Crippen molar-refractivity contribution in [1.29, 1.82) is 0 Å². The smallest absolute Gasteiger partial charge is 0.249 e. The Hall–Kier alpha value is -2.55. The molecule has 1 aliphatic rings. The van der Waals surface area contributed by atoms with Gasteiger partial charge in [-0.3, -0.25) is 4.79 Å². The molecule has 1 saturated carbocycles. The number of thiazole rings is 1. The maximum Gasteiger partial charge on any atom is 0.249 e. The van der Waals surface area contributed by atoms with E-state index in [9.17, 15) is 4.79 Å². The van der Waals surface area contributed by atoms with Gasteiger partial charge in [0.05, 0.1) is 34.1 Å². The van der Waals surface area contributed by atoms with E-state index in [1.165, 1.54) is 0 Å². The summed E-state index contributed by atoms with van der Waals surface area (Å²) in [5.74, 6) is 0.791. The van der Waals surface area contributed by atoms with Gasteiger partial charge in [-0.1, -0.05) is 29.8 Å². The molecule has 3 aromatic heterocycles. The van der Waals surface area contributed by atoms with Gasteiger partial charge in [0.25, 0.3) is 0 Å². The van der Waals surface area contributed by atoms with Gasteiger partial charge in [0, 0.05) is 11.4 Å². The SMILES string of the molecule is O=C(Cc1csc(-c2cccs2)n1)N(Cc1nnc(-c2ccccc2Cl)o1)C1CC1. The molecule has 0 aliphatic heterocycles. The summed E-state index contributed by atoms with van der Waals surface area (Å²) in [6, 6.07) is 11.6. The number of aromatic nitrogens is 3. The maximum absolute atomic E-state index is 13.0. The fourth-order valence-electron chi connectivity index (χ4n) is 3.17. The Morgan fingerprint density at radius 2 is 2.03 bits per heavy atom. The Balaban J connectivity index is 1.29. The van der Waals surface area contributed by atoms with Gasteiger partial charge in [0.1, 0.15) is 5.01 Å². The number of carbonyl (C=O) groups is 1. The van der Waals surface area contributed by atoms with Crippen LogP contribution in [-0.2, 0) is 17.8 Å². The summed E-state index contributed by atoms with van der Waals surface area (Å²) in [7, 11) is 0. The molecule has 1 aliphatic carbocycles. The quantitative estimate of drug-likeness (QED) is 0.377. The molecule has 4 aromatic rings. The van der Waals surface area contributed by atoms with Crippen LogP contribution in [0.1, 0.15) is 24.4 Å². The van der Waals surface area contributed by atoms with Gasteiger partial charge in [-0.25, -0.2) is 4.98 Å². The molecule has 3 heterocycles. The molecule has 5 rings (SSSR count). The van der Waals surface area contributed by atoms with Crippen LogP contribution in [0.15, 0.2) is 51.6 Å². The van der Waals surface area contributed by atoms with Crippen LogP contribution in [0, 0.1) is 0 Å². The molecule has 30 heavy (non-hydrogen) atoms. The highest BCUT2D eigenvalue weighted by Gasteiger charge is 2.34. The van der Waals surface area contributed by atoms with Gasteiger partial charge >= 0.3 is 0 Å². The highest BCUT2D eigenvalue weighted by molar-refractivity contribution is 7.20. The van der Waals surface area contributed by atoms with Gasteiger partial charge in [0.2, 0.25) is 17.7 Å². The lowest BCUT2D eigenvalue weighted by Crippen LogP contribution is -2.34. The van der Waals surface area contributed by atoms with Crippen LogP contribution in [0.3, 0.4) is 0 Å². The lowest BCUT2D eigenvalue weighted by molar-refractivity contribution is -0.132. The predicted octanol–water partition coefficient (Wildman–Crippen LogP) is 5.31. The molecular weight excluding hydrogens is 440 g/mol. The van der Waals surface area contributed by atoms with E-state index in [2.05, 4.69) is 15.2 Å². The molecule has 0 radical (unpaired) electrons. The number of hydrogen-bond acceptors (Lipinski definition) is 7. The van der Waals surface area contributed by atoms with E-state index in [-0.39, 0.29) is 18.4 Å². The van der Waals surface area contributed by atoms with Gasteiger partial charge in [-0.15, -0.1) is 32.9 Å². The fourth-order valence-corrected chi connectivity index (χ4v) is 5.02. The van der Waals surface area contributed by atoms with Crippen molar-refractivity contribution in [3.8, 4) is 21.3 Å². The average molecular weight is 457 g/mol. The largest absolute Gasteiger partial charge is 0.419 e. The molecule has 1 aromatic carbocycles. The number of hydrogen-bond donors (Lipinski definition) is 0. The van der Waals surface area contributed by atoms with E-state index in [0.717, 1.165) is 28.4 Å². The third-order valence-corrected chi connectivity index (χ3v) is 7.06. The highest BCUT2D eigenvalue weighted by atomic mass is 35.5. The summed E-state index contributed by atoms with van der Waals surface area (Å²) in [5, 5.41) is 13.7. The van der Waals surface area contributed by atoms with E-state index >= 15 is 0 Å². The van der Waals surface area contributed by atoms with Gasteiger partial charge in [-0.05, 0) is 36.4 Å². The number of nitrogens with zero attached hydrogens (tertiary/aromatic N) is 4. The predicted molar refractivity (Wildman–Crippen MR) is 117 cm³/mol. The maximum atomic E-state index is 13.0. The second-order valence-corrected chi connectivity index (χ2v) is 9.24. The van der Waals surface area contributed by atoms with Gasteiger partial charge in [0.15, 0.2) is 0 Å². The first-order valence-electron chi connectivity index (χ1n) is 9.52. The zero-order chi connectivity index (χ0) is 20.5. The second kappa shape index (κ2) is 8.29. The van der Waals surface area contributed by atoms with E-state index in [4.69, 9.17) is 16.0 Å². The van der Waals surface area contributed by atoms with E-state index in [1.54, 1.807) is 28.7 Å². The summed E-state index contributed by atoms with van der Waals surface area (Å²) in [6.07, 6.45) is 2.26. The van der Waals surface area contributed by atoms with Crippen molar-refractivity contribution in [1.82, 2.24) is 20.1 Å². The zero-order valence-electron chi connectivity index (χ0n) is 15.8. The van der Waals surface area contributed by atoms with Crippen molar-refractivity contribution in [3.05, 3.63) is 63.8 Å². The summed E-state index contributed by atoms with van der Waals surface area (Å²) in [6.45, 7) is 0.295. The number of rotatable bonds is 7. The molecule has 152 valence electrons. The molecule has 0 spiro atoms. The Morgan fingerprint density at radius 1 is 1.17 bits per heavy atom. The van der Waals surface area contributed by atoms with Crippen molar-refractivity contribution in [2.75, 3.05) is 0 Å². The van der Waals surface area contributed by atoms with Crippen molar-refractivity contribution < 1.29 is 9.21 Å². The molecule has 0 N–H and O–H groups in total. The first kappa shape index (κ1) is 19.4. The average Bonchev–Trinajstić information content (AvgIpc) is 3.15. The Bertz CT molecular complexity index is 1170. The molecule has 6 nitrogen and oxygen atoms in total. The first-order valence-corrected chi connectivity index (χ1v) is 11.7. The van der Waals surface area contributed by atoms with Crippen molar-refractivity contribution >= 4 is 40.2 Å². The number of halogens is 1. The standard InChI is InChI=1S/C21H17ClN4O2S2/c22-16-5-2-1-4-15(16)20-25-24-18(28-20)11-26(14-7-8-14)19(27)10-13-12-30-21(23-13)17-6-3-9-29-17/h1-6,9,12,14H,7-8,10-11H2. The minimum Gasteiger partial charge on any atom is -0.419 e. The fraction of sp³-hybridized carbons (Fsp3) is 0.238. The number of benzene rings is 1. The number of thiophene rings is 1. The van der Waals surface area contributed by atoms with Crippen LogP contribution >= 0.6 is 34.3 Å². The Labute approximate surface area is 186 Å². The molecule has 1 amide bonds. The lowest BCUT2D eigenvalue weighted by atomic mass is 10.2. The number of amides is 1. The van der Waals surface area contributed by atoms with E-state index in [0.29, 0.717) is 28.9 Å². The first-order chi connectivity index (χ1) is 14.7. The molecule has 9 heteroatoms. The number of carbonyl (C=O) groups excluding carboxylic acids is 1. The van der Waals surface area contributed by atoms with Crippen LogP contribution < -0.4 is 0 Å².